The zero-order valence-electron chi connectivity index (χ0n) is 9.08. The van der Waals surface area contributed by atoms with E-state index >= 15 is 0 Å². The molecule has 0 aromatic carbocycles. The second-order valence-corrected chi connectivity index (χ2v) is 3.85. The van der Waals surface area contributed by atoms with Gasteiger partial charge in [0.2, 0.25) is 0 Å². The molecule has 0 rings (SSSR count). The molecule has 3 heteroatoms. The Bertz CT molecular complexity index is 93.1. The minimum absolute atomic E-state index is 0.233. The summed E-state index contributed by atoms with van der Waals surface area (Å²) in [6, 6.07) is 0.233. The summed E-state index contributed by atoms with van der Waals surface area (Å²) in [5, 5.41) is 0. The lowest BCUT2D eigenvalue weighted by molar-refractivity contribution is 0.0361. The summed E-state index contributed by atoms with van der Waals surface area (Å²) in [6.07, 6.45) is 0.921. The van der Waals surface area contributed by atoms with Crippen LogP contribution in [-0.4, -0.2) is 32.5 Å². The molecule has 0 aromatic heterocycles. The summed E-state index contributed by atoms with van der Waals surface area (Å²) in [5.41, 5.74) is 5.56. The molecule has 1 atom stereocenters. The minimum Gasteiger partial charge on any atom is -0.379 e. The molecule has 2 N–H and O–H groups in total. The van der Waals surface area contributed by atoms with Gasteiger partial charge >= 0.3 is 0 Å². The first-order chi connectivity index (χ1) is 6.13. The van der Waals surface area contributed by atoms with Crippen LogP contribution in [0.5, 0.6) is 0 Å². The standard InChI is InChI=1S/C10H23NO2/c1-9(2)8-13-7-6-12-5-4-10(3)11/h9-10H,4-8,11H2,1-3H3. The van der Waals surface area contributed by atoms with Crippen molar-refractivity contribution in [3.8, 4) is 0 Å². The Kier molecular flexibility index (Phi) is 8.40. The molecular weight excluding hydrogens is 166 g/mol. The zero-order valence-corrected chi connectivity index (χ0v) is 9.08. The van der Waals surface area contributed by atoms with Gasteiger partial charge in [0.25, 0.3) is 0 Å². The van der Waals surface area contributed by atoms with E-state index in [0.29, 0.717) is 19.1 Å². The molecule has 0 saturated carbocycles. The van der Waals surface area contributed by atoms with Crippen LogP contribution < -0.4 is 5.73 Å². The fourth-order valence-electron chi connectivity index (χ4n) is 0.808. The average Bonchev–Trinajstić information content (AvgIpc) is 2.01. The molecule has 0 heterocycles. The van der Waals surface area contributed by atoms with Crippen LogP contribution in [0.25, 0.3) is 0 Å². The number of ether oxygens (including phenoxy) is 2. The Morgan fingerprint density at radius 3 is 2.15 bits per heavy atom. The van der Waals surface area contributed by atoms with Crippen molar-refractivity contribution in [3.63, 3.8) is 0 Å². The highest BCUT2D eigenvalue weighted by atomic mass is 16.5. The van der Waals surface area contributed by atoms with Gasteiger partial charge in [0.05, 0.1) is 13.2 Å². The van der Waals surface area contributed by atoms with Crippen molar-refractivity contribution in [1.29, 1.82) is 0 Å². The van der Waals surface area contributed by atoms with Crippen molar-refractivity contribution in [2.24, 2.45) is 11.7 Å². The van der Waals surface area contributed by atoms with E-state index in [1.807, 2.05) is 6.92 Å². The van der Waals surface area contributed by atoms with Crippen molar-refractivity contribution in [3.05, 3.63) is 0 Å². The van der Waals surface area contributed by atoms with Crippen molar-refractivity contribution < 1.29 is 9.47 Å². The van der Waals surface area contributed by atoms with Gasteiger partial charge in [-0.3, -0.25) is 0 Å². The normalized spacial score (nSPS) is 13.6. The van der Waals surface area contributed by atoms with E-state index in [0.717, 1.165) is 19.6 Å². The van der Waals surface area contributed by atoms with Gasteiger partial charge in [-0.25, -0.2) is 0 Å². The van der Waals surface area contributed by atoms with E-state index in [1.54, 1.807) is 0 Å². The number of nitrogens with two attached hydrogens (primary N) is 1. The first-order valence-corrected chi connectivity index (χ1v) is 5.04. The summed E-state index contributed by atoms with van der Waals surface area (Å²) < 4.78 is 10.7. The molecule has 1 unspecified atom stereocenters. The van der Waals surface area contributed by atoms with Crippen molar-refractivity contribution in [1.82, 2.24) is 0 Å². The zero-order chi connectivity index (χ0) is 10.1. The van der Waals surface area contributed by atoms with E-state index in [9.17, 15) is 0 Å². The van der Waals surface area contributed by atoms with Gasteiger partial charge in [-0.2, -0.15) is 0 Å². The van der Waals surface area contributed by atoms with Crippen LogP contribution in [0.15, 0.2) is 0 Å². The Labute approximate surface area is 81.6 Å². The molecule has 0 amide bonds. The molecule has 80 valence electrons. The fourth-order valence-corrected chi connectivity index (χ4v) is 0.808. The maximum atomic E-state index is 5.56. The molecule has 0 aromatic rings. The van der Waals surface area contributed by atoms with Gasteiger partial charge in [-0.05, 0) is 19.3 Å². The van der Waals surface area contributed by atoms with Crippen molar-refractivity contribution in [2.45, 2.75) is 33.2 Å². The fraction of sp³-hybridized carbons (Fsp3) is 1.00. The van der Waals surface area contributed by atoms with Crippen LogP contribution in [0.3, 0.4) is 0 Å². The van der Waals surface area contributed by atoms with Crippen molar-refractivity contribution in [2.75, 3.05) is 26.4 Å². The van der Waals surface area contributed by atoms with Gasteiger partial charge in [0.1, 0.15) is 0 Å². The molecular formula is C10H23NO2. The lowest BCUT2D eigenvalue weighted by Gasteiger charge is -2.08. The molecule has 0 aliphatic carbocycles. The number of hydrogen-bond donors (Lipinski definition) is 1. The second kappa shape index (κ2) is 8.48. The van der Waals surface area contributed by atoms with Gasteiger partial charge in [-0.1, -0.05) is 13.8 Å². The maximum absolute atomic E-state index is 5.56. The van der Waals surface area contributed by atoms with E-state index in [4.69, 9.17) is 15.2 Å². The van der Waals surface area contributed by atoms with Crippen LogP contribution in [-0.2, 0) is 9.47 Å². The quantitative estimate of drug-likeness (QED) is 0.587. The Morgan fingerprint density at radius 2 is 1.62 bits per heavy atom. The van der Waals surface area contributed by atoms with Crippen LogP contribution in [0.1, 0.15) is 27.2 Å². The molecule has 0 saturated heterocycles. The highest BCUT2D eigenvalue weighted by Gasteiger charge is 1.95. The van der Waals surface area contributed by atoms with Crippen LogP contribution in [0.4, 0.5) is 0 Å². The van der Waals surface area contributed by atoms with Gasteiger partial charge < -0.3 is 15.2 Å². The van der Waals surface area contributed by atoms with E-state index in [1.165, 1.54) is 0 Å². The van der Waals surface area contributed by atoms with Gasteiger partial charge in [-0.15, -0.1) is 0 Å². The predicted octanol–water partition coefficient (Wildman–Crippen LogP) is 1.41. The molecule has 3 nitrogen and oxygen atoms in total. The topological polar surface area (TPSA) is 44.5 Å². The third-order valence-corrected chi connectivity index (χ3v) is 1.54. The van der Waals surface area contributed by atoms with Crippen LogP contribution in [0.2, 0.25) is 0 Å². The van der Waals surface area contributed by atoms with Gasteiger partial charge in [0, 0.05) is 19.3 Å². The Morgan fingerprint density at radius 1 is 1.00 bits per heavy atom. The molecule has 0 spiro atoms. The van der Waals surface area contributed by atoms with E-state index in [2.05, 4.69) is 13.8 Å². The SMILES string of the molecule is CC(C)COCCOCCC(C)N. The van der Waals surface area contributed by atoms with Crippen LogP contribution in [0, 0.1) is 5.92 Å². The van der Waals surface area contributed by atoms with Gasteiger partial charge in [0.15, 0.2) is 0 Å². The molecule has 0 aliphatic heterocycles. The summed E-state index contributed by atoms with van der Waals surface area (Å²) in [4.78, 5) is 0. The molecule has 0 bridgehead atoms. The minimum atomic E-state index is 0.233. The highest BCUT2D eigenvalue weighted by molar-refractivity contribution is 4.50. The van der Waals surface area contributed by atoms with E-state index < -0.39 is 0 Å². The first kappa shape index (κ1) is 12.9. The lowest BCUT2D eigenvalue weighted by Crippen LogP contribution is -2.18. The Balaban J connectivity index is 2.92. The maximum Gasteiger partial charge on any atom is 0.0700 e. The number of hydrogen-bond acceptors (Lipinski definition) is 3. The Hall–Kier alpha value is -0.120. The summed E-state index contributed by atoms with van der Waals surface area (Å²) in [5.74, 6) is 0.601. The van der Waals surface area contributed by atoms with Crippen LogP contribution >= 0.6 is 0 Å². The largest absolute Gasteiger partial charge is 0.379 e. The predicted molar refractivity (Wildman–Crippen MR) is 54.7 cm³/mol. The lowest BCUT2D eigenvalue weighted by atomic mass is 10.2. The first-order valence-electron chi connectivity index (χ1n) is 5.04. The molecule has 13 heavy (non-hydrogen) atoms. The average molecular weight is 189 g/mol. The molecule has 0 fully saturated rings. The second-order valence-electron chi connectivity index (χ2n) is 3.85. The molecule has 0 radical (unpaired) electrons. The molecule has 0 aliphatic rings. The third kappa shape index (κ3) is 11.9. The monoisotopic (exact) mass is 189 g/mol. The van der Waals surface area contributed by atoms with Crippen molar-refractivity contribution >= 4 is 0 Å². The third-order valence-electron chi connectivity index (χ3n) is 1.54. The summed E-state index contributed by atoms with van der Waals surface area (Å²) >= 11 is 0. The summed E-state index contributed by atoms with van der Waals surface area (Å²) in [7, 11) is 0. The highest BCUT2D eigenvalue weighted by Crippen LogP contribution is 1.92. The summed E-state index contributed by atoms with van der Waals surface area (Å²) in [6.45, 7) is 9.18. The van der Waals surface area contributed by atoms with E-state index in [-0.39, 0.29) is 6.04 Å². The smallest absolute Gasteiger partial charge is 0.0700 e. The number of rotatable bonds is 8.